The molecule has 0 saturated heterocycles. The first-order valence-electron chi connectivity index (χ1n) is 2.72. The first-order chi connectivity index (χ1) is 4.70. The van der Waals surface area contributed by atoms with E-state index in [0.717, 1.165) is 0 Å². The van der Waals surface area contributed by atoms with Crippen LogP contribution < -0.4 is 5.19 Å². The number of phenolic OH excluding ortho intramolecular Hbond substituents is 1. The van der Waals surface area contributed by atoms with E-state index in [-0.39, 0.29) is 5.75 Å². The highest BCUT2D eigenvalue weighted by Crippen LogP contribution is 2.02. The molecule has 0 aromatic heterocycles. The van der Waals surface area contributed by atoms with E-state index in [1.165, 1.54) is 24.3 Å². The summed E-state index contributed by atoms with van der Waals surface area (Å²) in [5.74, 6) is 0.104. The molecule has 4 heteroatoms. The lowest BCUT2D eigenvalue weighted by molar-refractivity contribution is 0.461. The summed E-state index contributed by atoms with van der Waals surface area (Å²) < 4.78 is 10.4. The molecule has 0 aliphatic heterocycles. The lowest BCUT2D eigenvalue weighted by atomic mass is 10.3. The molecule has 3 nitrogen and oxygen atoms in total. The van der Waals surface area contributed by atoms with Crippen molar-refractivity contribution in [3.63, 3.8) is 0 Å². The highest BCUT2D eigenvalue weighted by Gasteiger charge is 2.04. The lowest BCUT2D eigenvalue weighted by Gasteiger charge is -1.91. The first kappa shape index (κ1) is 6.95. The van der Waals surface area contributed by atoms with Gasteiger partial charge in [0.2, 0.25) is 0 Å². The number of aromatic hydroxyl groups is 1. The monoisotopic (exact) mass is 154 g/mol. The Kier molecular flexibility index (Phi) is 1.82. The maximum absolute atomic E-state index is 10.4. The molecule has 10 heavy (non-hydrogen) atoms. The molecule has 0 bridgehead atoms. The van der Waals surface area contributed by atoms with E-state index in [0.29, 0.717) is 5.19 Å². The summed E-state index contributed by atoms with van der Waals surface area (Å²) in [6, 6.07) is 5.62. The summed E-state index contributed by atoms with van der Waals surface area (Å²) in [7, 11) is -2.59. The highest BCUT2D eigenvalue weighted by molar-refractivity contribution is 6.51. The van der Waals surface area contributed by atoms with Crippen molar-refractivity contribution in [3.05, 3.63) is 24.3 Å². The van der Waals surface area contributed by atoms with Gasteiger partial charge in [-0.15, -0.1) is 0 Å². The van der Waals surface area contributed by atoms with Gasteiger partial charge in [0.25, 0.3) is 0 Å². The van der Waals surface area contributed by atoms with Crippen molar-refractivity contribution in [1.29, 1.82) is 0 Å². The first-order valence-corrected chi connectivity index (χ1v) is 4.08. The van der Waals surface area contributed by atoms with E-state index in [2.05, 4.69) is 0 Å². The maximum Gasteiger partial charge on any atom is 0.537 e. The molecule has 0 fully saturated rings. The molecule has 0 unspecified atom stereocenters. The molecule has 0 aliphatic rings. The molecule has 0 spiro atoms. The minimum absolute atomic E-state index is 0.104. The summed E-state index contributed by atoms with van der Waals surface area (Å²) >= 11 is 0. The van der Waals surface area contributed by atoms with Crippen LogP contribution in [0.15, 0.2) is 24.3 Å². The Hall–Kier alpha value is -1.16. The quantitative estimate of drug-likeness (QED) is 0.537. The van der Waals surface area contributed by atoms with Crippen molar-refractivity contribution in [2.75, 3.05) is 0 Å². The average molecular weight is 154 g/mol. The number of benzene rings is 1. The van der Waals surface area contributed by atoms with E-state index in [1.807, 2.05) is 0 Å². The van der Waals surface area contributed by atoms with E-state index >= 15 is 0 Å². The fourth-order valence-electron chi connectivity index (χ4n) is 0.604. The van der Waals surface area contributed by atoms with Crippen LogP contribution in [-0.2, 0) is 4.46 Å². The van der Waals surface area contributed by atoms with Gasteiger partial charge in [0.1, 0.15) is 5.75 Å². The van der Waals surface area contributed by atoms with Crippen molar-refractivity contribution >= 4 is 14.1 Å². The van der Waals surface area contributed by atoms with Crippen molar-refractivity contribution in [1.82, 2.24) is 0 Å². The third-order valence-corrected chi connectivity index (χ3v) is 1.94. The van der Waals surface area contributed by atoms with Crippen LogP contribution in [0.25, 0.3) is 0 Å². The van der Waals surface area contributed by atoms with Crippen LogP contribution in [0.3, 0.4) is 0 Å². The van der Waals surface area contributed by atoms with E-state index in [9.17, 15) is 4.46 Å². The fraction of sp³-hybridized carbons (Fsp3) is 0. The average Bonchev–Trinajstić information content (AvgIpc) is 1.88. The number of hydrogen-bond donors (Lipinski definition) is 2. The zero-order valence-electron chi connectivity index (χ0n) is 5.11. The molecule has 52 valence electrons. The zero-order valence-corrected chi connectivity index (χ0v) is 6.11. The molecule has 0 amide bonds. The van der Waals surface area contributed by atoms with E-state index in [1.54, 1.807) is 0 Å². The van der Waals surface area contributed by atoms with Gasteiger partial charge in [-0.25, -0.2) is 0 Å². The Labute approximate surface area is 59.3 Å². The highest BCUT2D eigenvalue weighted by atomic mass is 28.3. The third-order valence-electron chi connectivity index (χ3n) is 1.11. The largest absolute Gasteiger partial charge is 0.537 e. The zero-order chi connectivity index (χ0) is 7.56. The van der Waals surface area contributed by atoms with Crippen molar-refractivity contribution in [3.8, 4) is 5.75 Å². The van der Waals surface area contributed by atoms with Gasteiger partial charge >= 0.3 is 8.93 Å². The smallest absolute Gasteiger partial charge is 0.537 e. The molecule has 0 radical (unpaired) electrons. The van der Waals surface area contributed by atoms with Crippen LogP contribution in [0.5, 0.6) is 5.75 Å². The molecule has 1 rings (SSSR count). The van der Waals surface area contributed by atoms with Gasteiger partial charge in [-0.2, -0.15) is 0 Å². The van der Waals surface area contributed by atoms with Crippen molar-refractivity contribution in [2.45, 2.75) is 0 Å². The van der Waals surface area contributed by atoms with E-state index < -0.39 is 8.93 Å². The maximum atomic E-state index is 10.4. The van der Waals surface area contributed by atoms with Crippen molar-refractivity contribution in [2.24, 2.45) is 0 Å². The number of rotatable bonds is 1. The molecule has 0 aliphatic carbocycles. The molecule has 0 heterocycles. The molecule has 1 aromatic carbocycles. The minimum Gasteiger partial charge on any atom is -0.537 e. The minimum atomic E-state index is -2.59. The molecule has 1 aromatic rings. The molecular weight excluding hydrogens is 148 g/mol. The SMILES string of the molecule is O=[Si](O)c1ccc(O)cc1. The van der Waals surface area contributed by atoms with Crippen LogP contribution in [-0.4, -0.2) is 18.8 Å². The Morgan fingerprint density at radius 3 is 2.10 bits per heavy atom. The van der Waals surface area contributed by atoms with Gasteiger partial charge in [0.15, 0.2) is 0 Å². The van der Waals surface area contributed by atoms with E-state index in [4.69, 9.17) is 9.90 Å². The predicted molar refractivity (Wildman–Crippen MR) is 36.4 cm³/mol. The second-order valence-electron chi connectivity index (χ2n) is 1.85. The van der Waals surface area contributed by atoms with Gasteiger partial charge < -0.3 is 14.4 Å². The summed E-state index contributed by atoms with van der Waals surface area (Å²) in [4.78, 5) is 8.58. The lowest BCUT2D eigenvalue weighted by Crippen LogP contribution is -2.19. The van der Waals surface area contributed by atoms with Crippen LogP contribution >= 0.6 is 0 Å². The molecule has 2 N–H and O–H groups in total. The van der Waals surface area contributed by atoms with Gasteiger partial charge in [0, 0.05) is 5.19 Å². The van der Waals surface area contributed by atoms with Crippen LogP contribution in [0, 0.1) is 0 Å². The second kappa shape index (κ2) is 2.61. The summed E-state index contributed by atoms with van der Waals surface area (Å²) in [6.07, 6.45) is 0. The normalized spacial score (nSPS) is 9.20. The number of phenols is 1. The summed E-state index contributed by atoms with van der Waals surface area (Å²) in [5, 5.41) is 9.13. The number of hydrogen-bond acceptors (Lipinski definition) is 2. The van der Waals surface area contributed by atoms with Crippen LogP contribution in [0.1, 0.15) is 0 Å². The molecule has 0 saturated carbocycles. The van der Waals surface area contributed by atoms with Crippen LogP contribution in [0.2, 0.25) is 0 Å². The third kappa shape index (κ3) is 1.41. The topological polar surface area (TPSA) is 57.5 Å². The van der Waals surface area contributed by atoms with Gasteiger partial charge in [-0.3, -0.25) is 0 Å². The Morgan fingerprint density at radius 1 is 1.20 bits per heavy atom. The van der Waals surface area contributed by atoms with Gasteiger partial charge in [0.05, 0.1) is 0 Å². The predicted octanol–water partition coefficient (Wildman–Crippen LogP) is -0.490. The Balaban J connectivity index is 3.00. The van der Waals surface area contributed by atoms with Crippen molar-refractivity contribution < 1.29 is 14.4 Å². The standard InChI is InChI=1S/C6H6O3Si/c7-5-1-3-6(4-2-5)10(8)9/h1-4,7-8H. The second-order valence-corrected chi connectivity index (χ2v) is 3.04. The fourth-order valence-corrected chi connectivity index (χ4v) is 1.06. The Bertz CT molecular complexity index is 242. The summed E-state index contributed by atoms with van der Waals surface area (Å²) in [6.45, 7) is 0. The Morgan fingerprint density at radius 2 is 1.70 bits per heavy atom. The summed E-state index contributed by atoms with van der Waals surface area (Å²) in [5.41, 5.74) is 0. The van der Waals surface area contributed by atoms with Gasteiger partial charge in [-0.1, -0.05) is 0 Å². The molecule has 0 atom stereocenters. The molecular formula is C6H6O3Si. The van der Waals surface area contributed by atoms with Gasteiger partial charge in [-0.05, 0) is 24.3 Å². The van der Waals surface area contributed by atoms with Crippen LogP contribution in [0.4, 0.5) is 0 Å².